The summed E-state index contributed by atoms with van der Waals surface area (Å²) in [6.45, 7) is 5.30. The van der Waals surface area contributed by atoms with E-state index in [0.29, 0.717) is 12.8 Å². The lowest BCUT2D eigenvalue weighted by Gasteiger charge is -2.36. The molecule has 0 aromatic heterocycles. The summed E-state index contributed by atoms with van der Waals surface area (Å²) in [5.74, 6) is 1.67. The SMILES string of the molecule is C#C[C@H]1CC[C@@H](C(N)=O)N1C(=O)C(NC(=O)OC(C)(C)C)C1CCCCC1. The number of rotatable bonds is 4. The standard InChI is InChI=1S/C20H31N3O4/c1-5-14-11-12-15(17(21)24)23(14)18(25)16(13-9-7-6-8-10-13)22-19(26)27-20(2,3)4/h1,13-16H,6-12H2,2-4H3,(H2,21,24)(H,22,26)/t14-,15-,16?/m0/s1. The van der Waals surface area contributed by atoms with E-state index in [-0.39, 0.29) is 11.8 Å². The maximum absolute atomic E-state index is 13.4. The Bertz CT molecular complexity index is 614. The van der Waals surface area contributed by atoms with Crippen molar-refractivity contribution in [3.8, 4) is 12.3 Å². The van der Waals surface area contributed by atoms with Gasteiger partial charge in [0.25, 0.3) is 0 Å². The van der Waals surface area contributed by atoms with Crippen molar-refractivity contribution in [2.75, 3.05) is 0 Å². The fraction of sp³-hybridized carbons (Fsp3) is 0.750. The molecule has 0 aromatic carbocycles. The third-order valence-corrected chi connectivity index (χ3v) is 5.22. The molecule has 0 spiro atoms. The number of ether oxygens (including phenoxy) is 1. The average Bonchev–Trinajstić information content (AvgIpc) is 3.02. The minimum absolute atomic E-state index is 0.00804. The monoisotopic (exact) mass is 377 g/mol. The summed E-state index contributed by atoms with van der Waals surface area (Å²) in [5, 5.41) is 2.75. The molecule has 1 unspecified atom stereocenters. The first kappa shape index (κ1) is 21.1. The van der Waals surface area contributed by atoms with Crippen molar-refractivity contribution in [3.63, 3.8) is 0 Å². The van der Waals surface area contributed by atoms with Gasteiger partial charge in [-0.05, 0) is 52.4 Å². The number of carbonyl (C=O) groups is 3. The van der Waals surface area contributed by atoms with E-state index in [1.807, 2.05) is 0 Å². The molecule has 7 nitrogen and oxygen atoms in total. The molecule has 3 amide bonds. The van der Waals surface area contributed by atoms with Gasteiger partial charge in [-0.1, -0.05) is 25.2 Å². The van der Waals surface area contributed by atoms with Crippen LogP contribution in [0.1, 0.15) is 65.7 Å². The van der Waals surface area contributed by atoms with Gasteiger partial charge in [-0.2, -0.15) is 0 Å². The lowest BCUT2D eigenvalue weighted by molar-refractivity contribution is -0.141. The Balaban J connectivity index is 2.25. The second-order valence-corrected chi connectivity index (χ2v) is 8.45. The summed E-state index contributed by atoms with van der Waals surface area (Å²) in [4.78, 5) is 39.0. The van der Waals surface area contributed by atoms with E-state index in [9.17, 15) is 14.4 Å². The quantitative estimate of drug-likeness (QED) is 0.731. The Morgan fingerprint density at radius 1 is 1.15 bits per heavy atom. The molecular formula is C20H31N3O4. The summed E-state index contributed by atoms with van der Waals surface area (Å²) in [6.07, 6.45) is 10.7. The number of nitrogens with two attached hydrogens (primary N) is 1. The summed E-state index contributed by atoms with van der Waals surface area (Å²) in [6, 6.07) is -1.98. The molecule has 7 heteroatoms. The zero-order valence-electron chi connectivity index (χ0n) is 16.5. The molecule has 2 fully saturated rings. The van der Waals surface area contributed by atoms with Gasteiger partial charge in [-0.25, -0.2) is 4.79 Å². The van der Waals surface area contributed by atoms with Crippen LogP contribution in [0.5, 0.6) is 0 Å². The highest BCUT2D eigenvalue weighted by atomic mass is 16.6. The van der Waals surface area contributed by atoms with E-state index in [2.05, 4.69) is 11.2 Å². The van der Waals surface area contributed by atoms with E-state index in [0.717, 1.165) is 32.1 Å². The Morgan fingerprint density at radius 2 is 1.78 bits per heavy atom. The van der Waals surface area contributed by atoms with Gasteiger partial charge in [-0.15, -0.1) is 6.42 Å². The van der Waals surface area contributed by atoms with E-state index in [1.54, 1.807) is 20.8 Å². The number of likely N-dealkylation sites (tertiary alicyclic amines) is 1. The van der Waals surface area contributed by atoms with Crippen molar-refractivity contribution in [2.24, 2.45) is 11.7 Å². The van der Waals surface area contributed by atoms with E-state index >= 15 is 0 Å². The second kappa shape index (κ2) is 8.64. The van der Waals surface area contributed by atoms with Crippen LogP contribution >= 0.6 is 0 Å². The largest absolute Gasteiger partial charge is 0.444 e. The topological polar surface area (TPSA) is 102 Å². The smallest absolute Gasteiger partial charge is 0.408 e. The third kappa shape index (κ3) is 5.38. The van der Waals surface area contributed by atoms with Gasteiger partial charge in [0.05, 0.1) is 6.04 Å². The molecule has 150 valence electrons. The Kier molecular flexibility index (Phi) is 6.74. The average molecular weight is 377 g/mol. The molecule has 2 rings (SSSR count). The van der Waals surface area contributed by atoms with E-state index in [1.165, 1.54) is 4.90 Å². The molecule has 0 aromatic rings. The van der Waals surface area contributed by atoms with Gasteiger partial charge in [0.1, 0.15) is 17.7 Å². The second-order valence-electron chi connectivity index (χ2n) is 8.45. The highest BCUT2D eigenvalue weighted by molar-refractivity contribution is 5.92. The van der Waals surface area contributed by atoms with Crippen LogP contribution < -0.4 is 11.1 Å². The number of amides is 3. The number of hydrogen-bond acceptors (Lipinski definition) is 4. The minimum Gasteiger partial charge on any atom is -0.444 e. The van der Waals surface area contributed by atoms with E-state index < -0.39 is 35.7 Å². The summed E-state index contributed by atoms with van der Waals surface area (Å²) in [7, 11) is 0. The predicted octanol–water partition coefficient (Wildman–Crippen LogP) is 1.94. The normalized spacial score (nSPS) is 24.7. The van der Waals surface area contributed by atoms with Crippen LogP contribution in [0, 0.1) is 18.3 Å². The van der Waals surface area contributed by atoms with Gasteiger partial charge in [0, 0.05) is 0 Å². The van der Waals surface area contributed by atoms with Crippen LogP contribution in [0.2, 0.25) is 0 Å². The van der Waals surface area contributed by atoms with Crippen LogP contribution in [-0.2, 0) is 14.3 Å². The van der Waals surface area contributed by atoms with Crippen molar-refractivity contribution in [1.82, 2.24) is 10.2 Å². The summed E-state index contributed by atoms with van der Waals surface area (Å²) in [5.41, 5.74) is 4.82. The Hall–Kier alpha value is -2.23. The molecule has 1 aliphatic heterocycles. The number of alkyl carbamates (subject to hydrolysis) is 1. The zero-order chi connectivity index (χ0) is 20.2. The van der Waals surface area contributed by atoms with Gasteiger partial charge >= 0.3 is 6.09 Å². The number of primary amides is 1. The molecule has 0 bridgehead atoms. The van der Waals surface area contributed by atoms with Crippen LogP contribution in [0.4, 0.5) is 4.79 Å². The molecule has 3 atom stereocenters. The molecule has 27 heavy (non-hydrogen) atoms. The molecule has 1 saturated carbocycles. The van der Waals surface area contributed by atoms with Gasteiger partial charge in [0.15, 0.2) is 0 Å². The van der Waals surface area contributed by atoms with Crippen LogP contribution in [-0.4, -0.2) is 46.5 Å². The molecule has 1 aliphatic carbocycles. The minimum atomic E-state index is -0.768. The van der Waals surface area contributed by atoms with Crippen LogP contribution in [0.3, 0.4) is 0 Å². The number of terminal acetylenes is 1. The molecular weight excluding hydrogens is 346 g/mol. The van der Waals surface area contributed by atoms with Crippen LogP contribution in [0.15, 0.2) is 0 Å². The summed E-state index contributed by atoms with van der Waals surface area (Å²) < 4.78 is 5.35. The first-order valence-electron chi connectivity index (χ1n) is 9.71. The molecule has 3 N–H and O–H groups in total. The Labute approximate surface area is 161 Å². The van der Waals surface area contributed by atoms with E-state index in [4.69, 9.17) is 16.9 Å². The molecule has 2 aliphatic rings. The first-order chi connectivity index (χ1) is 12.6. The van der Waals surface area contributed by atoms with Crippen molar-refractivity contribution in [1.29, 1.82) is 0 Å². The Morgan fingerprint density at radius 3 is 2.30 bits per heavy atom. The third-order valence-electron chi connectivity index (χ3n) is 5.22. The zero-order valence-corrected chi connectivity index (χ0v) is 16.5. The van der Waals surface area contributed by atoms with Crippen molar-refractivity contribution in [2.45, 2.75) is 89.4 Å². The van der Waals surface area contributed by atoms with Gasteiger partial charge in [-0.3, -0.25) is 9.59 Å². The van der Waals surface area contributed by atoms with Crippen molar-refractivity contribution >= 4 is 17.9 Å². The lowest BCUT2D eigenvalue weighted by Crippen LogP contribution is -2.57. The highest BCUT2D eigenvalue weighted by Crippen LogP contribution is 2.31. The highest BCUT2D eigenvalue weighted by Gasteiger charge is 2.44. The number of hydrogen-bond donors (Lipinski definition) is 2. The first-order valence-corrected chi connectivity index (χ1v) is 9.71. The molecule has 1 heterocycles. The molecule has 0 radical (unpaired) electrons. The van der Waals surface area contributed by atoms with Gasteiger partial charge in [0.2, 0.25) is 11.8 Å². The fourth-order valence-electron chi connectivity index (χ4n) is 4.01. The maximum Gasteiger partial charge on any atom is 0.408 e. The molecule has 1 saturated heterocycles. The summed E-state index contributed by atoms with van der Waals surface area (Å²) >= 11 is 0. The fourth-order valence-corrected chi connectivity index (χ4v) is 4.01. The number of nitrogens with one attached hydrogen (secondary N) is 1. The predicted molar refractivity (Wildman–Crippen MR) is 101 cm³/mol. The van der Waals surface area contributed by atoms with Crippen molar-refractivity contribution in [3.05, 3.63) is 0 Å². The number of carbonyl (C=O) groups excluding carboxylic acids is 3. The maximum atomic E-state index is 13.4. The van der Waals surface area contributed by atoms with Crippen molar-refractivity contribution < 1.29 is 19.1 Å². The van der Waals surface area contributed by atoms with Crippen LogP contribution in [0.25, 0.3) is 0 Å². The number of nitrogens with zero attached hydrogens (tertiary/aromatic N) is 1. The van der Waals surface area contributed by atoms with Gasteiger partial charge < -0.3 is 20.7 Å². The lowest BCUT2D eigenvalue weighted by atomic mass is 9.83.